The number of thiophene rings is 1. The third kappa shape index (κ3) is 5.41. The van der Waals surface area contributed by atoms with Crippen LogP contribution in [0.5, 0.6) is 5.75 Å². The fourth-order valence-electron chi connectivity index (χ4n) is 1.97. The quantitative estimate of drug-likeness (QED) is 0.608. The number of para-hydroxylation sites is 1. The average Bonchev–Trinajstić information content (AvgIpc) is 3.08. The largest absolute Gasteiger partial charge is 0.489 e. The maximum atomic E-state index is 5.97. The van der Waals surface area contributed by atoms with Gasteiger partial charge >= 0.3 is 0 Å². The van der Waals surface area contributed by atoms with Crippen molar-refractivity contribution in [2.75, 3.05) is 13.6 Å². The zero-order chi connectivity index (χ0) is 15.6. The standard InChI is InChI=1S/C17H23N3OS/c1-3-15(21-16-7-5-4-6-8-16)12-20-17(18-2)19-11-14-9-10-22-13-14/h4-10,13,15H,3,11-12H2,1-2H3,(H2,18,19,20). The minimum Gasteiger partial charge on any atom is -0.489 e. The van der Waals surface area contributed by atoms with Gasteiger partial charge in [-0.3, -0.25) is 4.99 Å². The van der Waals surface area contributed by atoms with Gasteiger partial charge in [0.1, 0.15) is 11.9 Å². The highest BCUT2D eigenvalue weighted by Gasteiger charge is 2.09. The van der Waals surface area contributed by atoms with Gasteiger partial charge in [-0.05, 0) is 40.9 Å². The van der Waals surface area contributed by atoms with E-state index in [1.54, 1.807) is 18.4 Å². The van der Waals surface area contributed by atoms with Gasteiger partial charge in [0.05, 0.1) is 6.54 Å². The molecule has 0 amide bonds. The van der Waals surface area contributed by atoms with Gasteiger partial charge in [-0.15, -0.1) is 0 Å². The topological polar surface area (TPSA) is 45.7 Å². The number of nitrogens with one attached hydrogen (secondary N) is 2. The van der Waals surface area contributed by atoms with E-state index >= 15 is 0 Å². The summed E-state index contributed by atoms with van der Waals surface area (Å²) in [5.41, 5.74) is 1.26. The van der Waals surface area contributed by atoms with E-state index in [4.69, 9.17) is 4.74 Å². The molecule has 0 fully saturated rings. The highest BCUT2D eigenvalue weighted by atomic mass is 32.1. The van der Waals surface area contributed by atoms with Crippen LogP contribution in [0.15, 0.2) is 52.2 Å². The summed E-state index contributed by atoms with van der Waals surface area (Å²) in [5, 5.41) is 10.8. The summed E-state index contributed by atoms with van der Waals surface area (Å²) in [6.07, 6.45) is 1.05. The Balaban J connectivity index is 1.78. The van der Waals surface area contributed by atoms with Crippen LogP contribution in [0.3, 0.4) is 0 Å². The van der Waals surface area contributed by atoms with Crippen molar-refractivity contribution in [1.29, 1.82) is 0 Å². The Kier molecular flexibility index (Phi) is 6.77. The molecule has 22 heavy (non-hydrogen) atoms. The molecule has 2 N–H and O–H groups in total. The van der Waals surface area contributed by atoms with Crippen LogP contribution < -0.4 is 15.4 Å². The van der Waals surface area contributed by atoms with E-state index in [0.29, 0.717) is 6.54 Å². The highest BCUT2D eigenvalue weighted by Crippen LogP contribution is 2.12. The molecule has 0 saturated carbocycles. The highest BCUT2D eigenvalue weighted by molar-refractivity contribution is 7.07. The van der Waals surface area contributed by atoms with Crippen LogP contribution in [0.25, 0.3) is 0 Å². The van der Waals surface area contributed by atoms with Crippen LogP contribution in [-0.2, 0) is 6.54 Å². The molecular formula is C17H23N3OS. The first kappa shape index (κ1) is 16.4. The fourth-order valence-corrected chi connectivity index (χ4v) is 2.64. The third-order valence-electron chi connectivity index (χ3n) is 3.26. The minimum atomic E-state index is 0.113. The summed E-state index contributed by atoms with van der Waals surface area (Å²) < 4.78 is 5.97. The number of ether oxygens (including phenoxy) is 1. The smallest absolute Gasteiger partial charge is 0.191 e. The third-order valence-corrected chi connectivity index (χ3v) is 3.99. The van der Waals surface area contributed by atoms with E-state index < -0.39 is 0 Å². The van der Waals surface area contributed by atoms with Crippen molar-refractivity contribution < 1.29 is 4.74 Å². The van der Waals surface area contributed by atoms with Crippen LogP contribution in [0.4, 0.5) is 0 Å². The van der Waals surface area contributed by atoms with E-state index in [-0.39, 0.29) is 6.10 Å². The molecule has 118 valence electrons. The van der Waals surface area contributed by atoms with Gasteiger partial charge in [0, 0.05) is 13.6 Å². The zero-order valence-electron chi connectivity index (χ0n) is 13.1. The lowest BCUT2D eigenvalue weighted by molar-refractivity contribution is 0.199. The molecule has 0 spiro atoms. The number of benzene rings is 1. The number of guanidine groups is 1. The van der Waals surface area contributed by atoms with Crippen LogP contribution in [0, 0.1) is 0 Å². The molecule has 1 heterocycles. The normalized spacial score (nSPS) is 12.7. The first-order valence-electron chi connectivity index (χ1n) is 7.49. The molecule has 0 aliphatic carbocycles. The maximum absolute atomic E-state index is 5.97. The summed E-state index contributed by atoms with van der Waals surface area (Å²) in [4.78, 5) is 4.24. The van der Waals surface area contributed by atoms with E-state index in [1.807, 2.05) is 30.3 Å². The Bertz CT molecular complexity index is 555. The number of nitrogens with zero attached hydrogens (tertiary/aromatic N) is 1. The maximum Gasteiger partial charge on any atom is 0.191 e. The van der Waals surface area contributed by atoms with Crippen LogP contribution >= 0.6 is 11.3 Å². The van der Waals surface area contributed by atoms with Crippen LogP contribution in [0.1, 0.15) is 18.9 Å². The number of aliphatic imine (C=N–C) groups is 1. The molecule has 5 heteroatoms. The zero-order valence-corrected chi connectivity index (χ0v) is 13.9. The lowest BCUT2D eigenvalue weighted by atomic mass is 10.2. The fraction of sp³-hybridized carbons (Fsp3) is 0.353. The van der Waals surface area contributed by atoms with Gasteiger partial charge < -0.3 is 15.4 Å². The lowest BCUT2D eigenvalue weighted by Crippen LogP contribution is -2.42. The molecule has 1 unspecified atom stereocenters. The van der Waals surface area contributed by atoms with Crippen molar-refractivity contribution in [1.82, 2.24) is 10.6 Å². The van der Waals surface area contributed by atoms with Crippen molar-refractivity contribution in [3.8, 4) is 5.75 Å². The van der Waals surface area contributed by atoms with Crippen LogP contribution in [-0.4, -0.2) is 25.7 Å². The second-order valence-electron chi connectivity index (χ2n) is 4.90. The summed E-state index contributed by atoms with van der Waals surface area (Å²) in [7, 11) is 1.78. The van der Waals surface area contributed by atoms with Crippen molar-refractivity contribution in [3.63, 3.8) is 0 Å². The number of hydrogen-bond acceptors (Lipinski definition) is 3. The Morgan fingerprint density at radius 2 is 2.05 bits per heavy atom. The van der Waals surface area contributed by atoms with E-state index in [2.05, 4.69) is 39.4 Å². The van der Waals surface area contributed by atoms with Gasteiger partial charge in [-0.1, -0.05) is 25.1 Å². The second-order valence-corrected chi connectivity index (χ2v) is 5.68. The Morgan fingerprint density at radius 3 is 2.68 bits per heavy atom. The molecule has 0 bridgehead atoms. The molecule has 1 aromatic carbocycles. The summed E-state index contributed by atoms with van der Waals surface area (Å²) in [5.74, 6) is 1.69. The monoisotopic (exact) mass is 317 g/mol. The molecule has 2 aromatic rings. The Labute approximate surface area is 136 Å². The average molecular weight is 317 g/mol. The van der Waals surface area contributed by atoms with Crippen molar-refractivity contribution in [3.05, 3.63) is 52.7 Å². The molecule has 2 rings (SSSR count). The molecule has 0 saturated heterocycles. The molecule has 1 atom stereocenters. The number of hydrogen-bond donors (Lipinski definition) is 2. The van der Waals surface area contributed by atoms with Crippen molar-refractivity contribution in [2.45, 2.75) is 26.0 Å². The molecular weight excluding hydrogens is 294 g/mol. The van der Waals surface area contributed by atoms with E-state index in [1.165, 1.54) is 5.56 Å². The molecule has 0 radical (unpaired) electrons. The van der Waals surface area contributed by atoms with Gasteiger partial charge in [0.15, 0.2) is 5.96 Å². The lowest BCUT2D eigenvalue weighted by Gasteiger charge is -2.19. The first-order chi connectivity index (χ1) is 10.8. The second kappa shape index (κ2) is 9.10. The van der Waals surface area contributed by atoms with E-state index in [0.717, 1.165) is 24.7 Å². The SMILES string of the molecule is CCC(CNC(=NC)NCc1ccsc1)Oc1ccccc1. The van der Waals surface area contributed by atoms with Crippen molar-refractivity contribution in [2.24, 2.45) is 4.99 Å². The molecule has 4 nitrogen and oxygen atoms in total. The van der Waals surface area contributed by atoms with Gasteiger partial charge in [-0.2, -0.15) is 11.3 Å². The summed E-state index contributed by atoms with van der Waals surface area (Å²) >= 11 is 1.70. The predicted octanol–water partition coefficient (Wildman–Crippen LogP) is 3.27. The molecule has 0 aliphatic heterocycles. The predicted molar refractivity (Wildman–Crippen MR) is 93.7 cm³/mol. The number of rotatable bonds is 7. The molecule has 1 aromatic heterocycles. The Morgan fingerprint density at radius 1 is 1.23 bits per heavy atom. The van der Waals surface area contributed by atoms with Gasteiger partial charge in [0.2, 0.25) is 0 Å². The summed E-state index contributed by atoms with van der Waals surface area (Å²) in [6, 6.07) is 12.0. The van der Waals surface area contributed by atoms with Crippen molar-refractivity contribution >= 4 is 17.3 Å². The van der Waals surface area contributed by atoms with Gasteiger partial charge in [0.25, 0.3) is 0 Å². The first-order valence-corrected chi connectivity index (χ1v) is 8.43. The van der Waals surface area contributed by atoms with Gasteiger partial charge in [-0.25, -0.2) is 0 Å². The van der Waals surface area contributed by atoms with E-state index in [9.17, 15) is 0 Å². The minimum absolute atomic E-state index is 0.113. The molecule has 0 aliphatic rings. The van der Waals surface area contributed by atoms with Crippen LogP contribution in [0.2, 0.25) is 0 Å². The summed E-state index contributed by atoms with van der Waals surface area (Å²) in [6.45, 7) is 3.62. The Hall–Kier alpha value is -2.01.